The summed E-state index contributed by atoms with van der Waals surface area (Å²) >= 11 is 3.37. The number of carbonyl (C=O) groups is 2. The molecule has 0 N–H and O–H groups in total. The van der Waals surface area contributed by atoms with Gasteiger partial charge < -0.3 is 4.90 Å². The van der Waals surface area contributed by atoms with Crippen LogP contribution in [0.5, 0.6) is 0 Å². The zero-order chi connectivity index (χ0) is 13.4. The van der Waals surface area contributed by atoms with Gasteiger partial charge in [0.15, 0.2) is 0 Å². The molecular weight excluding hydrogens is 306 g/mol. The van der Waals surface area contributed by atoms with Crippen molar-refractivity contribution in [1.29, 1.82) is 0 Å². The van der Waals surface area contributed by atoms with E-state index in [9.17, 15) is 9.59 Å². The molecule has 1 aliphatic heterocycles. The Kier molecular flexibility index (Phi) is 3.44. The third kappa shape index (κ3) is 2.22. The lowest BCUT2D eigenvalue weighted by molar-refractivity contribution is -0.114. The van der Waals surface area contributed by atoms with E-state index < -0.39 is 0 Å². The summed E-state index contributed by atoms with van der Waals surface area (Å²) in [5.74, 6) is -0.207. The zero-order valence-electron chi connectivity index (χ0n) is 10.7. The Balaban J connectivity index is 1.88. The van der Waals surface area contributed by atoms with Crippen molar-refractivity contribution in [2.45, 2.75) is 32.1 Å². The number of Topliss-reactive ketones (excluding diaryl/α,β-unsaturated/α-hetero) is 1. The van der Waals surface area contributed by atoms with Crippen molar-refractivity contribution in [3.8, 4) is 0 Å². The Morgan fingerprint density at radius 2 is 1.89 bits per heavy atom. The van der Waals surface area contributed by atoms with E-state index in [2.05, 4.69) is 15.9 Å². The maximum atomic E-state index is 12.1. The Morgan fingerprint density at radius 3 is 2.63 bits per heavy atom. The number of hydrogen-bond acceptors (Lipinski definition) is 2. The molecule has 3 rings (SSSR count). The molecule has 1 aliphatic carbocycles. The molecule has 1 aromatic carbocycles. The molecule has 4 heteroatoms. The summed E-state index contributed by atoms with van der Waals surface area (Å²) in [5.41, 5.74) is 1.30. The third-order valence-corrected chi connectivity index (χ3v) is 4.78. The van der Waals surface area contributed by atoms with Crippen LogP contribution in [-0.4, -0.2) is 18.2 Å². The molecule has 0 saturated heterocycles. The number of fused-ring (bicyclic) bond motifs is 1. The predicted molar refractivity (Wildman–Crippen MR) is 77.4 cm³/mol. The fourth-order valence-corrected chi connectivity index (χ4v) is 3.65. The fourth-order valence-electron chi connectivity index (χ4n) is 3.11. The van der Waals surface area contributed by atoms with Gasteiger partial charge in [-0.3, -0.25) is 9.59 Å². The van der Waals surface area contributed by atoms with Gasteiger partial charge in [0.2, 0.25) is 0 Å². The maximum Gasteiger partial charge on any atom is 0.299 e. The van der Waals surface area contributed by atoms with E-state index in [-0.39, 0.29) is 11.7 Å². The van der Waals surface area contributed by atoms with E-state index in [0.29, 0.717) is 18.0 Å². The first-order chi connectivity index (χ1) is 9.18. The number of nitrogens with zero attached hydrogens (tertiary/aromatic N) is 1. The van der Waals surface area contributed by atoms with E-state index in [4.69, 9.17) is 0 Å². The smallest absolute Gasteiger partial charge is 0.299 e. The molecule has 1 saturated carbocycles. The lowest BCUT2D eigenvalue weighted by Gasteiger charge is -2.26. The largest absolute Gasteiger partial charge is 0.304 e. The van der Waals surface area contributed by atoms with Gasteiger partial charge >= 0.3 is 0 Å². The topological polar surface area (TPSA) is 37.4 Å². The number of hydrogen-bond donors (Lipinski definition) is 0. The van der Waals surface area contributed by atoms with Crippen LogP contribution in [0.3, 0.4) is 0 Å². The Morgan fingerprint density at radius 1 is 1.16 bits per heavy atom. The van der Waals surface area contributed by atoms with Gasteiger partial charge in [0.25, 0.3) is 11.7 Å². The molecule has 1 aromatic rings. The van der Waals surface area contributed by atoms with Crippen molar-refractivity contribution in [3.63, 3.8) is 0 Å². The number of ketones is 1. The molecular formula is C15H16BrNO2. The molecule has 0 bridgehead atoms. The molecule has 1 fully saturated rings. The summed E-state index contributed by atoms with van der Waals surface area (Å²) < 4.78 is 0.717. The highest BCUT2D eigenvalue weighted by Crippen LogP contribution is 2.36. The Bertz CT molecular complexity index is 535. The number of benzene rings is 1. The SMILES string of the molecule is O=C1C(=O)N(CC2CCCCC2)c2cccc(Br)c21. The fraction of sp³-hybridized carbons (Fsp3) is 0.467. The number of carbonyl (C=O) groups excluding carboxylic acids is 2. The van der Waals surface area contributed by atoms with Crippen LogP contribution in [0.25, 0.3) is 0 Å². The molecule has 19 heavy (non-hydrogen) atoms. The quantitative estimate of drug-likeness (QED) is 0.781. The first-order valence-corrected chi connectivity index (χ1v) is 7.62. The highest BCUT2D eigenvalue weighted by Gasteiger charge is 2.38. The van der Waals surface area contributed by atoms with Gasteiger partial charge in [-0.05, 0) is 46.8 Å². The highest BCUT2D eigenvalue weighted by molar-refractivity contribution is 9.10. The molecule has 0 radical (unpaired) electrons. The van der Waals surface area contributed by atoms with Crippen LogP contribution >= 0.6 is 15.9 Å². The zero-order valence-corrected chi connectivity index (χ0v) is 12.3. The minimum Gasteiger partial charge on any atom is -0.304 e. The molecule has 2 aliphatic rings. The van der Waals surface area contributed by atoms with Crippen LogP contribution in [0.2, 0.25) is 0 Å². The predicted octanol–water partition coefficient (Wildman–Crippen LogP) is 3.56. The Labute approximate surface area is 121 Å². The van der Waals surface area contributed by atoms with Gasteiger partial charge in [0.05, 0.1) is 11.3 Å². The lowest BCUT2D eigenvalue weighted by Crippen LogP contribution is -2.35. The van der Waals surface area contributed by atoms with Gasteiger partial charge in [-0.15, -0.1) is 0 Å². The second-order valence-electron chi connectivity index (χ2n) is 5.38. The van der Waals surface area contributed by atoms with Gasteiger partial charge in [0.1, 0.15) is 0 Å². The van der Waals surface area contributed by atoms with Crippen molar-refractivity contribution in [2.24, 2.45) is 5.92 Å². The second kappa shape index (κ2) is 5.08. The van der Waals surface area contributed by atoms with Crippen molar-refractivity contribution in [3.05, 3.63) is 28.2 Å². The van der Waals surface area contributed by atoms with E-state index in [1.165, 1.54) is 32.1 Å². The van der Waals surface area contributed by atoms with Gasteiger partial charge in [-0.2, -0.15) is 0 Å². The van der Waals surface area contributed by atoms with E-state index in [1.54, 1.807) is 4.90 Å². The first-order valence-electron chi connectivity index (χ1n) is 6.83. The van der Waals surface area contributed by atoms with Crippen LogP contribution in [0.1, 0.15) is 42.5 Å². The van der Waals surface area contributed by atoms with Gasteiger partial charge in [-0.25, -0.2) is 0 Å². The highest BCUT2D eigenvalue weighted by atomic mass is 79.9. The third-order valence-electron chi connectivity index (χ3n) is 4.11. The molecule has 1 heterocycles. The molecule has 3 nitrogen and oxygen atoms in total. The molecule has 0 spiro atoms. The van der Waals surface area contributed by atoms with E-state index in [0.717, 1.165) is 10.2 Å². The number of amides is 1. The minimum atomic E-state index is -0.377. The number of halogens is 1. The van der Waals surface area contributed by atoms with Crippen molar-refractivity contribution in [1.82, 2.24) is 0 Å². The first kappa shape index (κ1) is 12.9. The van der Waals surface area contributed by atoms with Crippen LogP contribution < -0.4 is 4.90 Å². The number of rotatable bonds is 2. The average Bonchev–Trinajstić information content (AvgIpc) is 2.66. The average molecular weight is 322 g/mol. The summed E-state index contributed by atoms with van der Waals surface area (Å²) in [6, 6.07) is 5.56. The molecule has 0 unspecified atom stereocenters. The van der Waals surface area contributed by atoms with E-state index >= 15 is 0 Å². The lowest BCUT2D eigenvalue weighted by atomic mass is 9.89. The molecule has 100 valence electrons. The van der Waals surface area contributed by atoms with E-state index in [1.807, 2.05) is 18.2 Å². The minimum absolute atomic E-state index is 0.368. The normalized spacial score (nSPS) is 19.9. The second-order valence-corrected chi connectivity index (χ2v) is 6.24. The van der Waals surface area contributed by atoms with Crippen LogP contribution in [0.4, 0.5) is 5.69 Å². The van der Waals surface area contributed by atoms with Crippen LogP contribution in [0.15, 0.2) is 22.7 Å². The molecule has 0 atom stereocenters. The van der Waals surface area contributed by atoms with Crippen molar-refractivity contribution in [2.75, 3.05) is 11.4 Å². The van der Waals surface area contributed by atoms with Gasteiger partial charge in [-0.1, -0.05) is 25.3 Å². The van der Waals surface area contributed by atoms with Crippen molar-refractivity contribution >= 4 is 33.3 Å². The summed E-state index contributed by atoms with van der Waals surface area (Å²) in [6.07, 6.45) is 6.12. The van der Waals surface area contributed by atoms with Crippen molar-refractivity contribution < 1.29 is 9.59 Å². The number of anilines is 1. The summed E-state index contributed by atoms with van der Waals surface area (Å²) in [6.45, 7) is 0.689. The maximum absolute atomic E-state index is 12.1. The summed E-state index contributed by atoms with van der Waals surface area (Å²) in [5, 5.41) is 0. The van der Waals surface area contributed by atoms with Gasteiger partial charge in [0, 0.05) is 11.0 Å². The Hall–Kier alpha value is -1.16. The summed E-state index contributed by atoms with van der Waals surface area (Å²) in [7, 11) is 0. The van der Waals surface area contributed by atoms with Crippen LogP contribution in [-0.2, 0) is 4.79 Å². The summed E-state index contributed by atoms with van der Waals surface area (Å²) in [4.78, 5) is 25.9. The molecule has 1 amide bonds. The standard InChI is InChI=1S/C15H16BrNO2/c16-11-7-4-8-12-13(11)14(18)15(19)17(12)9-10-5-2-1-3-6-10/h4,7-8,10H,1-3,5-6,9H2. The van der Waals surface area contributed by atoms with Crippen LogP contribution in [0, 0.1) is 5.92 Å². The molecule has 0 aromatic heterocycles. The monoisotopic (exact) mass is 321 g/mol.